The van der Waals surface area contributed by atoms with Crippen molar-refractivity contribution < 1.29 is 19.3 Å². The van der Waals surface area contributed by atoms with Crippen molar-refractivity contribution in [2.24, 2.45) is 11.7 Å². The third-order valence-electron chi connectivity index (χ3n) is 4.79. The molecular formula is C16H18N4O5. The molecule has 3 amide bonds. The van der Waals surface area contributed by atoms with Crippen LogP contribution in [-0.2, 0) is 14.4 Å². The molecule has 0 saturated carbocycles. The van der Waals surface area contributed by atoms with Gasteiger partial charge in [0.15, 0.2) is 0 Å². The minimum Gasteiger partial charge on any atom is -0.369 e. The Balaban J connectivity index is 1.76. The van der Waals surface area contributed by atoms with Crippen LogP contribution in [0.4, 0.5) is 11.4 Å². The predicted molar refractivity (Wildman–Crippen MR) is 87.5 cm³/mol. The molecule has 9 heteroatoms. The zero-order chi connectivity index (χ0) is 18.1. The maximum Gasteiger partial charge on any atom is 0.271 e. The summed E-state index contributed by atoms with van der Waals surface area (Å²) < 4.78 is 0. The molecule has 2 saturated heterocycles. The number of likely N-dealkylation sites (tertiary alicyclic amines) is 1. The summed E-state index contributed by atoms with van der Waals surface area (Å²) in [5.41, 5.74) is 5.34. The van der Waals surface area contributed by atoms with Crippen LogP contribution < -0.4 is 10.6 Å². The second-order valence-corrected chi connectivity index (χ2v) is 6.28. The number of carbonyl (C=O) groups excluding carboxylic acids is 3. The predicted octanol–water partition coefficient (Wildman–Crippen LogP) is 0.424. The molecule has 0 aromatic heterocycles. The highest BCUT2D eigenvalue weighted by atomic mass is 16.6. The first-order chi connectivity index (χ1) is 11.9. The van der Waals surface area contributed by atoms with Gasteiger partial charge in [-0.15, -0.1) is 0 Å². The third kappa shape index (κ3) is 3.22. The van der Waals surface area contributed by atoms with Crippen molar-refractivity contribution in [2.75, 3.05) is 18.0 Å². The van der Waals surface area contributed by atoms with Gasteiger partial charge in [-0.1, -0.05) is 6.07 Å². The van der Waals surface area contributed by atoms with Gasteiger partial charge in [0.05, 0.1) is 23.1 Å². The Morgan fingerprint density at radius 1 is 1.24 bits per heavy atom. The van der Waals surface area contributed by atoms with E-state index in [4.69, 9.17) is 5.73 Å². The van der Waals surface area contributed by atoms with Gasteiger partial charge < -0.3 is 5.73 Å². The van der Waals surface area contributed by atoms with Gasteiger partial charge in [0.2, 0.25) is 11.8 Å². The molecule has 132 valence electrons. The molecule has 0 radical (unpaired) electrons. The minimum absolute atomic E-state index is 0.0305. The molecule has 2 fully saturated rings. The highest BCUT2D eigenvalue weighted by Gasteiger charge is 2.44. The van der Waals surface area contributed by atoms with Gasteiger partial charge in [0.25, 0.3) is 11.6 Å². The number of non-ortho nitro benzene ring substituents is 1. The highest BCUT2D eigenvalue weighted by Crippen LogP contribution is 2.30. The summed E-state index contributed by atoms with van der Waals surface area (Å²) >= 11 is 0. The molecule has 0 aliphatic carbocycles. The largest absolute Gasteiger partial charge is 0.369 e. The second kappa shape index (κ2) is 6.60. The number of hydrogen-bond donors (Lipinski definition) is 1. The van der Waals surface area contributed by atoms with E-state index in [2.05, 4.69) is 0 Å². The van der Waals surface area contributed by atoms with Gasteiger partial charge in [0.1, 0.15) is 0 Å². The van der Waals surface area contributed by atoms with Crippen LogP contribution in [0.3, 0.4) is 0 Å². The van der Waals surface area contributed by atoms with E-state index in [1.54, 1.807) is 0 Å². The molecule has 2 aliphatic rings. The Morgan fingerprint density at radius 3 is 2.52 bits per heavy atom. The van der Waals surface area contributed by atoms with Gasteiger partial charge in [-0.05, 0) is 32.0 Å². The fourth-order valence-corrected chi connectivity index (χ4v) is 3.41. The van der Waals surface area contributed by atoms with Crippen molar-refractivity contribution >= 4 is 29.1 Å². The van der Waals surface area contributed by atoms with Crippen molar-refractivity contribution in [2.45, 2.75) is 25.3 Å². The van der Waals surface area contributed by atoms with Crippen molar-refractivity contribution in [3.05, 3.63) is 34.4 Å². The zero-order valence-corrected chi connectivity index (χ0v) is 13.5. The van der Waals surface area contributed by atoms with E-state index in [9.17, 15) is 24.5 Å². The first-order valence-corrected chi connectivity index (χ1v) is 8.03. The zero-order valence-electron chi connectivity index (χ0n) is 13.5. The normalized spacial score (nSPS) is 22.4. The summed E-state index contributed by atoms with van der Waals surface area (Å²) in [6.45, 7) is 1.03. The third-order valence-corrected chi connectivity index (χ3v) is 4.79. The number of benzene rings is 1. The van der Waals surface area contributed by atoms with Crippen molar-refractivity contribution in [1.29, 1.82) is 0 Å². The molecule has 2 aliphatic heterocycles. The lowest BCUT2D eigenvalue weighted by Crippen LogP contribution is -2.47. The van der Waals surface area contributed by atoms with Crippen LogP contribution in [0.1, 0.15) is 19.3 Å². The van der Waals surface area contributed by atoms with Crippen molar-refractivity contribution in [3.8, 4) is 0 Å². The van der Waals surface area contributed by atoms with Crippen LogP contribution in [0.15, 0.2) is 24.3 Å². The molecule has 25 heavy (non-hydrogen) atoms. The van der Waals surface area contributed by atoms with E-state index in [1.165, 1.54) is 24.3 Å². The number of amides is 3. The number of nitro groups is 1. The molecule has 9 nitrogen and oxygen atoms in total. The van der Waals surface area contributed by atoms with Gasteiger partial charge >= 0.3 is 0 Å². The fourth-order valence-electron chi connectivity index (χ4n) is 3.41. The number of nitro benzene ring substituents is 1. The van der Waals surface area contributed by atoms with Crippen molar-refractivity contribution in [1.82, 2.24) is 4.90 Å². The number of nitrogens with zero attached hydrogens (tertiary/aromatic N) is 3. The number of rotatable bonds is 4. The van der Waals surface area contributed by atoms with Gasteiger partial charge in [0, 0.05) is 18.1 Å². The van der Waals surface area contributed by atoms with Crippen molar-refractivity contribution in [3.63, 3.8) is 0 Å². The highest BCUT2D eigenvalue weighted by molar-refractivity contribution is 6.22. The number of piperidine rings is 1. The van der Waals surface area contributed by atoms with E-state index < -0.39 is 11.0 Å². The number of hydrogen-bond acceptors (Lipinski definition) is 6. The Hall–Kier alpha value is -2.81. The lowest BCUT2D eigenvalue weighted by Gasteiger charge is -2.33. The van der Waals surface area contributed by atoms with E-state index in [1.807, 2.05) is 4.90 Å². The van der Waals surface area contributed by atoms with Crippen LogP contribution >= 0.6 is 0 Å². The Morgan fingerprint density at radius 2 is 1.92 bits per heavy atom. The van der Waals surface area contributed by atoms with Gasteiger partial charge in [-0.3, -0.25) is 29.4 Å². The molecule has 0 unspecified atom stereocenters. The maximum absolute atomic E-state index is 12.7. The van der Waals surface area contributed by atoms with E-state index in [0.29, 0.717) is 25.9 Å². The van der Waals surface area contributed by atoms with E-state index >= 15 is 0 Å². The Bertz CT molecular complexity index is 742. The Kier molecular flexibility index (Phi) is 4.49. The SMILES string of the molecule is NC(=O)C1CCN([C@@H]2CC(=O)N(c3cccc([N+](=O)[O-])c3)C2=O)CC1. The summed E-state index contributed by atoms with van der Waals surface area (Å²) in [5.74, 6) is -1.31. The first kappa shape index (κ1) is 17.0. The van der Waals surface area contributed by atoms with Crippen LogP contribution in [0.5, 0.6) is 0 Å². The molecule has 0 spiro atoms. The summed E-state index contributed by atoms with van der Waals surface area (Å²) in [7, 11) is 0. The topological polar surface area (TPSA) is 127 Å². The Labute approximate surface area is 143 Å². The quantitative estimate of drug-likeness (QED) is 0.478. The lowest BCUT2D eigenvalue weighted by molar-refractivity contribution is -0.384. The average molecular weight is 346 g/mol. The monoisotopic (exact) mass is 346 g/mol. The lowest BCUT2D eigenvalue weighted by atomic mass is 9.95. The van der Waals surface area contributed by atoms with Crippen LogP contribution in [-0.4, -0.2) is 46.7 Å². The molecule has 2 heterocycles. The van der Waals surface area contributed by atoms with Crippen LogP contribution in [0.25, 0.3) is 0 Å². The molecule has 1 atom stereocenters. The smallest absolute Gasteiger partial charge is 0.271 e. The average Bonchev–Trinajstić information content (AvgIpc) is 2.89. The maximum atomic E-state index is 12.7. The summed E-state index contributed by atoms with van der Waals surface area (Å²) in [6, 6.07) is 4.88. The molecule has 2 N–H and O–H groups in total. The fraction of sp³-hybridized carbons (Fsp3) is 0.438. The number of primary amides is 1. The summed E-state index contributed by atoms with van der Waals surface area (Å²) in [6.07, 6.45) is 1.15. The van der Waals surface area contributed by atoms with Gasteiger partial charge in [-0.25, -0.2) is 4.90 Å². The number of nitrogens with two attached hydrogens (primary N) is 1. The number of imide groups is 1. The van der Waals surface area contributed by atoms with Crippen LogP contribution in [0.2, 0.25) is 0 Å². The second-order valence-electron chi connectivity index (χ2n) is 6.28. The van der Waals surface area contributed by atoms with Crippen LogP contribution in [0, 0.1) is 16.0 Å². The molecule has 1 aromatic carbocycles. The number of anilines is 1. The first-order valence-electron chi connectivity index (χ1n) is 8.03. The van der Waals surface area contributed by atoms with E-state index in [-0.39, 0.29) is 41.4 Å². The molecule has 1 aromatic rings. The summed E-state index contributed by atoms with van der Waals surface area (Å²) in [5, 5.41) is 10.9. The number of carbonyl (C=O) groups is 3. The minimum atomic E-state index is -0.597. The molecular weight excluding hydrogens is 328 g/mol. The summed E-state index contributed by atoms with van der Waals surface area (Å²) in [4.78, 5) is 49.5. The molecule has 0 bridgehead atoms. The molecule has 3 rings (SSSR count). The standard InChI is InChI=1S/C16H18N4O5/c17-15(22)10-4-6-18(7-5-10)13-9-14(21)19(16(13)23)11-2-1-3-12(8-11)20(24)25/h1-3,8,10,13H,4-7,9H2,(H2,17,22)/t13-/m1/s1. The van der Waals surface area contributed by atoms with Gasteiger partial charge in [-0.2, -0.15) is 0 Å². The van der Waals surface area contributed by atoms with E-state index in [0.717, 1.165) is 4.90 Å².